The molecule has 1 fully saturated rings. The first kappa shape index (κ1) is 15.2. The molecule has 1 aromatic carbocycles. The summed E-state index contributed by atoms with van der Waals surface area (Å²) in [6.45, 7) is 3.35. The predicted octanol–water partition coefficient (Wildman–Crippen LogP) is 3.73. The molecule has 0 aliphatic carbocycles. The van der Waals surface area contributed by atoms with Gasteiger partial charge in [0.05, 0.1) is 7.11 Å². The van der Waals surface area contributed by atoms with Crippen molar-refractivity contribution in [3.63, 3.8) is 0 Å². The molecule has 1 aromatic rings. The van der Waals surface area contributed by atoms with Crippen molar-refractivity contribution in [2.45, 2.75) is 25.8 Å². The smallest absolute Gasteiger partial charge is 0.122 e. The van der Waals surface area contributed by atoms with Crippen LogP contribution in [-0.2, 0) is 6.42 Å². The molecule has 1 heterocycles. The van der Waals surface area contributed by atoms with Crippen molar-refractivity contribution < 1.29 is 4.74 Å². The van der Waals surface area contributed by atoms with Crippen LogP contribution < -0.4 is 10.1 Å². The van der Waals surface area contributed by atoms with E-state index in [4.69, 9.17) is 4.74 Å². The summed E-state index contributed by atoms with van der Waals surface area (Å²) in [5.41, 5.74) is 1.31. The summed E-state index contributed by atoms with van der Waals surface area (Å²) in [5, 5.41) is 3.68. The van der Waals surface area contributed by atoms with Crippen LogP contribution in [0.4, 0.5) is 0 Å². The molecule has 0 amide bonds. The number of nitrogens with one attached hydrogen (secondary N) is 1. The van der Waals surface area contributed by atoms with Gasteiger partial charge < -0.3 is 10.1 Å². The first-order valence-electron chi connectivity index (χ1n) is 6.88. The third-order valence-corrected chi connectivity index (χ3v) is 5.33. The third kappa shape index (κ3) is 4.14. The van der Waals surface area contributed by atoms with Crippen molar-refractivity contribution in [1.82, 2.24) is 5.32 Å². The number of ether oxygens (including phenoxy) is 1. The van der Waals surface area contributed by atoms with Crippen molar-refractivity contribution in [2.75, 3.05) is 25.2 Å². The molecule has 0 aromatic heterocycles. The minimum atomic E-state index is 0.647. The van der Waals surface area contributed by atoms with E-state index in [1.165, 1.54) is 23.5 Å². The average molecular weight is 344 g/mol. The summed E-state index contributed by atoms with van der Waals surface area (Å²) in [7, 11) is 1.75. The van der Waals surface area contributed by atoms with Gasteiger partial charge in [0, 0.05) is 16.3 Å². The molecule has 0 saturated carbocycles. The van der Waals surface area contributed by atoms with Gasteiger partial charge in [-0.05, 0) is 54.8 Å². The molecular formula is C15H22BrNOS. The van der Waals surface area contributed by atoms with Crippen LogP contribution in [0.15, 0.2) is 22.7 Å². The van der Waals surface area contributed by atoms with Gasteiger partial charge in [-0.2, -0.15) is 11.8 Å². The van der Waals surface area contributed by atoms with E-state index in [1.54, 1.807) is 7.11 Å². The highest BCUT2D eigenvalue weighted by Gasteiger charge is 2.28. The number of benzene rings is 1. The van der Waals surface area contributed by atoms with Gasteiger partial charge in [0.2, 0.25) is 0 Å². The molecule has 2 atom stereocenters. The van der Waals surface area contributed by atoms with Crippen LogP contribution in [-0.4, -0.2) is 31.2 Å². The fourth-order valence-corrected chi connectivity index (χ4v) is 4.39. The van der Waals surface area contributed by atoms with E-state index in [9.17, 15) is 0 Å². The van der Waals surface area contributed by atoms with E-state index >= 15 is 0 Å². The minimum Gasteiger partial charge on any atom is -0.496 e. The molecule has 19 heavy (non-hydrogen) atoms. The summed E-state index contributed by atoms with van der Waals surface area (Å²) in [5.74, 6) is 4.20. The SMILES string of the molecule is CCCNC1CSCC1Cc1cc(Br)ccc1OC. The van der Waals surface area contributed by atoms with Gasteiger partial charge in [-0.25, -0.2) is 0 Å². The van der Waals surface area contributed by atoms with Crippen molar-refractivity contribution in [3.8, 4) is 5.75 Å². The quantitative estimate of drug-likeness (QED) is 0.850. The molecule has 1 saturated heterocycles. The van der Waals surface area contributed by atoms with Gasteiger partial charge in [-0.3, -0.25) is 0 Å². The van der Waals surface area contributed by atoms with Crippen molar-refractivity contribution in [1.29, 1.82) is 0 Å². The van der Waals surface area contributed by atoms with Crippen molar-refractivity contribution in [2.24, 2.45) is 5.92 Å². The Morgan fingerprint density at radius 3 is 3.00 bits per heavy atom. The fraction of sp³-hybridized carbons (Fsp3) is 0.600. The van der Waals surface area contributed by atoms with Crippen LogP contribution in [0.25, 0.3) is 0 Å². The zero-order chi connectivity index (χ0) is 13.7. The van der Waals surface area contributed by atoms with Gasteiger partial charge in [0.25, 0.3) is 0 Å². The van der Waals surface area contributed by atoms with Crippen LogP contribution in [0.5, 0.6) is 5.75 Å². The second-order valence-electron chi connectivity index (χ2n) is 5.02. The molecule has 2 rings (SSSR count). The minimum absolute atomic E-state index is 0.647. The van der Waals surface area contributed by atoms with Crippen LogP contribution in [0.1, 0.15) is 18.9 Å². The van der Waals surface area contributed by atoms with Gasteiger partial charge in [0.15, 0.2) is 0 Å². The lowest BCUT2D eigenvalue weighted by molar-refractivity contribution is 0.392. The van der Waals surface area contributed by atoms with E-state index in [0.717, 1.165) is 23.2 Å². The van der Waals surface area contributed by atoms with E-state index in [0.29, 0.717) is 12.0 Å². The molecule has 0 bridgehead atoms. The highest BCUT2D eigenvalue weighted by Crippen LogP contribution is 2.31. The summed E-state index contributed by atoms with van der Waals surface area (Å²) in [4.78, 5) is 0. The Morgan fingerprint density at radius 2 is 2.26 bits per heavy atom. The zero-order valence-electron chi connectivity index (χ0n) is 11.6. The molecule has 2 unspecified atom stereocenters. The molecule has 0 spiro atoms. The summed E-state index contributed by atoms with van der Waals surface area (Å²) < 4.78 is 6.61. The van der Waals surface area contributed by atoms with Crippen molar-refractivity contribution in [3.05, 3.63) is 28.2 Å². The standard InChI is InChI=1S/C15H22BrNOS/c1-3-6-17-14-10-19-9-12(14)7-11-8-13(16)4-5-15(11)18-2/h4-5,8,12,14,17H,3,6-7,9-10H2,1-2H3. The lowest BCUT2D eigenvalue weighted by Gasteiger charge is -2.21. The molecule has 2 nitrogen and oxygen atoms in total. The van der Waals surface area contributed by atoms with Gasteiger partial charge in [-0.15, -0.1) is 0 Å². The number of hydrogen-bond acceptors (Lipinski definition) is 3. The zero-order valence-corrected chi connectivity index (χ0v) is 14.0. The Bertz CT molecular complexity index is 413. The molecular weight excluding hydrogens is 322 g/mol. The second-order valence-corrected chi connectivity index (χ2v) is 7.01. The Hall–Kier alpha value is -0.190. The number of thioether (sulfide) groups is 1. The number of rotatable bonds is 6. The Morgan fingerprint density at radius 1 is 1.42 bits per heavy atom. The maximum atomic E-state index is 5.48. The maximum absolute atomic E-state index is 5.48. The number of hydrogen-bond donors (Lipinski definition) is 1. The molecule has 1 N–H and O–H groups in total. The Labute approximate surface area is 128 Å². The summed E-state index contributed by atoms with van der Waals surface area (Å²) in [6, 6.07) is 6.93. The average Bonchev–Trinajstić information content (AvgIpc) is 2.84. The van der Waals surface area contributed by atoms with Crippen LogP contribution in [0.2, 0.25) is 0 Å². The maximum Gasteiger partial charge on any atom is 0.122 e. The lowest BCUT2D eigenvalue weighted by atomic mass is 9.94. The van der Waals surface area contributed by atoms with Crippen LogP contribution in [0.3, 0.4) is 0 Å². The third-order valence-electron chi connectivity index (χ3n) is 3.58. The molecule has 4 heteroatoms. The van der Waals surface area contributed by atoms with E-state index in [-0.39, 0.29) is 0 Å². The number of methoxy groups -OCH3 is 1. The number of halogens is 1. The first-order valence-corrected chi connectivity index (χ1v) is 8.83. The second kappa shape index (κ2) is 7.55. The lowest BCUT2D eigenvalue weighted by Crippen LogP contribution is -2.36. The normalized spacial score (nSPS) is 22.7. The largest absolute Gasteiger partial charge is 0.496 e. The highest BCUT2D eigenvalue weighted by molar-refractivity contribution is 9.10. The van der Waals surface area contributed by atoms with E-state index in [2.05, 4.69) is 52.1 Å². The van der Waals surface area contributed by atoms with Gasteiger partial charge in [-0.1, -0.05) is 22.9 Å². The molecule has 1 aliphatic rings. The fourth-order valence-electron chi connectivity index (χ4n) is 2.54. The van der Waals surface area contributed by atoms with Crippen LogP contribution in [0, 0.1) is 5.92 Å². The monoisotopic (exact) mass is 343 g/mol. The van der Waals surface area contributed by atoms with Crippen molar-refractivity contribution >= 4 is 27.7 Å². The van der Waals surface area contributed by atoms with Crippen LogP contribution >= 0.6 is 27.7 Å². The molecule has 106 valence electrons. The molecule has 0 radical (unpaired) electrons. The van der Waals surface area contributed by atoms with E-state index in [1.807, 2.05) is 6.07 Å². The Kier molecular flexibility index (Phi) is 6.05. The first-order chi connectivity index (χ1) is 9.24. The summed E-state index contributed by atoms with van der Waals surface area (Å²) in [6.07, 6.45) is 2.30. The van der Waals surface area contributed by atoms with Gasteiger partial charge >= 0.3 is 0 Å². The predicted molar refractivity (Wildman–Crippen MR) is 87.3 cm³/mol. The summed E-state index contributed by atoms with van der Waals surface area (Å²) >= 11 is 5.62. The molecule has 1 aliphatic heterocycles. The highest BCUT2D eigenvalue weighted by atomic mass is 79.9. The topological polar surface area (TPSA) is 21.3 Å². The van der Waals surface area contributed by atoms with E-state index < -0.39 is 0 Å². The Balaban J connectivity index is 2.05. The van der Waals surface area contributed by atoms with Gasteiger partial charge in [0.1, 0.15) is 5.75 Å².